The minimum Gasteiger partial charge on any atom is -0.468 e. The number of rotatable bonds is 2. The maximum atomic E-state index is 12.1. The maximum absolute atomic E-state index is 12.1. The molecule has 1 N–H and O–H groups in total. The Kier molecular flexibility index (Phi) is 4.53. The van der Waals surface area contributed by atoms with Crippen LogP contribution < -0.4 is 5.32 Å². The molecule has 114 valence electrons. The predicted octanol–water partition coefficient (Wildman–Crippen LogP) is 3.56. The van der Waals surface area contributed by atoms with Gasteiger partial charge in [-0.1, -0.05) is 30.3 Å². The first-order valence-corrected chi connectivity index (χ1v) is 8.20. The van der Waals surface area contributed by atoms with E-state index in [1.165, 1.54) is 29.6 Å². The number of nitrogens with zero attached hydrogens (tertiary/aromatic N) is 1. The molecule has 0 unspecified atom stereocenters. The lowest BCUT2D eigenvalue weighted by Gasteiger charge is -2.22. The summed E-state index contributed by atoms with van der Waals surface area (Å²) < 4.78 is 5.26. The number of hydrogen-bond donors (Lipinski definition) is 1. The Morgan fingerprint density at radius 2 is 2.18 bits per heavy atom. The second-order valence-corrected chi connectivity index (χ2v) is 6.12. The van der Waals surface area contributed by atoms with E-state index in [1.807, 2.05) is 17.5 Å². The molecule has 0 spiro atoms. The number of methoxy groups -OCH3 is 1. The molecule has 1 aliphatic carbocycles. The molecular formula is C17H18N2O2S. The van der Waals surface area contributed by atoms with Crippen molar-refractivity contribution < 1.29 is 9.53 Å². The van der Waals surface area contributed by atoms with E-state index in [1.54, 1.807) is 6.07 Å². The SMILES string of the molecule is COC(=N[C@H]1CCCc2ccccc21)NC(=O)c1cccs1. The fraction of sp³-hybridized carbons (Fsp3) is 0.294. The molecule has 1 heterocycles. The van der Waals surface area contributed by atoms with Crippen molar-refractivity contribution >= 4 is 23.3 Å². The molecule has 5 heteroatoms. The normalized spacial score (nSPS) is 17.7. The van der Waals surface area contributed by atoms with Crippen LogP contribution in [-0.2, 0) is 11.2 Å². The number of nitrogens with one attached hydrogen (secondary N) is 1. The van der Waals surface area contributed by atoms with Crippen molar-refractivity contribution in [3.63, 3.8) is 0 Å². The molecule has 1 aromatic carbocycles. The quantitative estimate of drug-likeness (QED) is 0.680. The number of amidine groups is 1. The molecule has 1 amide bonds. The molecule has 0 fully saturated rings. The summed E-state index contributed by atoms with van der Waals surface area (Å²) in [7, 11) is 1.53. The third-order valence-corrected chi connectivity index (χ3v) is 4.64. The lowest BCUT2D eigenvalue weighted by molar-refractivity contribution is 0.0972. The molecule has 2 aromatic rings. The smallest absolute Gasteiger partial charge is 0.292 e. The zero-order valence-corrected chi connectivity index (χ0v) is 13.2. The molecule has 1 aromatic heterocycles. The lowest BCUT2D eigenvalue weighted by atomic mass is 9.88. The second kappa shape index (κ2) is 6.75. The Balaban J connectivity index is 1.79. The van der Waals surface area contributed by atoms with Crippen molar-refractivity contribution in [2.75, 3.05) is 7.11 Å². The predicted molar refractivity (Wildman–Crippen MR) is 88.4 cm³/mol. The van der Waals surface area contributed by atoms with Gasteiger partial charge in [0.1, 0.15) is 0 Å². The van der Waals surface area contributed by atoms with Crippen LogP contribution in [0.5, 0.6) is 0 Å². The number of amides is 1. The van der Waals surface area contributed by atoms with Gasteiger partial charge in [-0.3, -0.25) is 10.1 Å². The highest BCUT2D eigenvalue weighted by Gasteiger charge is 2.20. The van der Waals surface area contributed by atoms with Gasteiger partial charge in [0, 0.05) is 0 Å². The fourth-order valence-corrected chi connectivity index (χ4v) is 3.33. The lowest BCUT2D eigenvalue weighted by Crippen LogP contribution is -2.32. The van der Waals surface area contributed by atoms with Crippen molar-refractivity contribution in [2.45, 2.75) is 25.3 Å². The molecule has 0 radical (unpaired) electrons. The average Bonchev–Trinajstić information content (AvgIpc) is 3.09. The highest BCUT2D eigenvalue weighted by Crippen LogP contribution is 2.32. The van der Waals surface area contributed by atoms with Gasteiger partial charge < -0.3 is 4.74 Å². The van der Waals surface area contributed by atoms with E-state index in [0.29, 0.717) is 4.88 Å². The number of benzene rings is 1. The molecule has 4 nitrogen and oxygen atoms in total. The standard InChI is InChI=1S/C17H18N2O2S/c1-21-17(19-16(20)15-10-5-11-22-15)18-14-9-4-7-12-6-2-3-8-13(12)14/h2-3,5-6,8,10-11,14H,4,7,9H2,1H3,(H,18,19,20)/t14-/m0/s1. The van der Waals surface area contributed by atoms with E-state index in [9.17, 15) is 4.79 Å². The molecule has 22 heavy (non-hydrogen) atoms. The first-order valence-electron chi connectivity index (χ1n) is 7.32. The Morgan fingerprint density at radius 3 is 2.95 bits per heavy atom. The van der Waals surface area contributed by atoms with Gasteiger partial charge in [-0.2, -0.15) is 0 Å². The van der Waals surface area contributed by atoms with Crippen LogP contribution in [0.4, 0.5) is 0 Å². The highest BCUT2D eigenvalue weighted by atomic mass is 32.1. The summed E-state index contributed by atoms with van der Waals surface area (Å²) >= 11 is 1.40. The van der Waals surface area contributed by atoms with Gasteiger partial charge in [-0.25, -0.2) is 4.99 Å². The first-order chi connectivity index (χ1) is 10.8. The van der Waals surface area contributed by atoms with Crippen molar-refractivity contribution in [3.05, 3.63) is 57.8 Å². The number of carbonyl (C=O) groups excluding carboxylic acids is 1. The zero-order chi connectivity index (χ0) is 15.4. The number of hydrogen-bond acceptors (Lipinski definition) is 4. The van der Waals surface area contributed by atoms with E-state index < -0.39 is 0 Å². The summed E-state index contributed by atoms with van der Waals surface area (Å²) in [4.78, 5) is 17.4. The minimum absolute atomic E-state index is 0.0449. The summed E-state index contributed by atoms with van der Waals surface area (Å²) in [5.74, 6) is -0.181. The fourth-order valence-electron chi connectivity index (χ4n) is 2.71. The van der Waals surface area contributed by atoms with Crippen LogP contribution in [0.1, 0.15) is 39.7 Å². The van der Waals surface area contributed by atoms with Crippen LogP contribution >= 0.6 is 11.3 Å². The summed E-state index contributed by atoms with van der Waals surface area (Å²) in [5, 5.41) is 4.62. The van der Waals surface area contributed by atoms with Gasteiger partial charge in [0.05, 0.1) is 18.0 Å². The molecule has 0 saturated carbocycles. The van der Waals surface area contributed by atoms with Crippen LogP contribution in [0.2, 0.25) is 0 Å². The number of carbonyl (C=O) groups is 1. The van der Waals surface area contributed by atoms with Crippen LogP contribution in [0.25, 0.3) is 0 Å². The van der Waals surface area contributed by atoms with Gasteiger partial charge in [0.25, 0.3) is 11.9 Å². The molecule has 0 saturated heterocycles. The summed E-state index contributed by atoms with van der Waals surface area (Å²) in [6, 6.07) is 12.3. The van der Waals surface area contributed by atoms with Gasteiger partial charge in [-0.15, -0.1) is 11.3 Å². The van der Waals surface area contributed by atoms with Crippen molar-refractivity contribution in [1.82, 2.24) is 5.32 Å². The average molecular weight is 314 g/mol. The molecule has 0 bridgehead atoms. The van der Waals surface area contributed by atoms with Gasteiger partial charge in [0.2, 0.25) is 0 Å². The van der Waals surface area contributed by atoms with Crippen LogP contribution in [0, 0.1) is 0 Å². The maximum Gasteiger partial charge on any atom is 0.292 e. The number of aliphatic imine (C=N–C) groups is 1. The molecule has 1 atom stereocenters. The Hall–Kier alpha value is -2.14. The van der Waals surface area contributed by atoms with E-state index >= 15 is 0 Å². The van der Waals surface area contributed by atoms with E-state index in [-0.39, 0.29) is 18.0 Å². The van der Waals surface area contributed by atoms with Gasteiger partial charge >= 0.3 is 0 Å². The second-order valence-electron chi connectivity index (χ2n) is 5.18. The minimum atomic E-state index is -0.181. The zero-order valence-electron chi connectivity index (χ0n) is 12.4. The summed E-state index contributed by atoms with van der Waals surface area (Å²) in [5.41, 5.74) is 2.57. The van der Waals surface area contributed by atoms with E-state index in [0.717, 1.165) is 19.3 Å². The third kappa shape index (κ3) is 3.20. The van der Waals surface area contributed by atoms with Crippen molar-refractivity contribution in [3.8, 4) is 0 Å². The number of fused-ring (bicyclic) bond motifs is 1. The molecule has 3 rings (SSSR count). The largest absolute Gasteiger partial charge is 0.468 e. The van der Waals surface area contributed by atoms with Crippen LogP contribution in [0.15, 0.2) is 46.8 Å². The third-order valence-electron chi connectivity index (χ3n) is 3.77. The Morgan fingerprint density at radius 1 is 1.32 bits per heavy atom. The van der Waals surface area contributed by atoms with Crippen LogP contribution in [0.3, 0.4) is 0 Å². The summed E-state index contributed by atoms with van der Waals surface area (Å²) in [6.45, 7) is 0. The molecular weight excluding hydrogens is 296 g/mol. The number of thiophene rings is 1. The number of ether oxygens (including phenoxy) is 1. The number of aryl methyl sites for hydroxylation is 1. The topological polar surface area (TPSA) is 50.7 Å². The van der Waals surface area contributed by atoms with E-state index in [4.69, 9.17) is 4.74 Å². The van der Waals surface area contributed by atoms with Gasteiger partial charge in [-0.05, 0) is 41.8 Å². The van der Waals surface area contributed by atoms with Crippen LogP contribution in [-0.4, -0.2) is 19.0 Å². The summed E-state index contributed by atoms with van der Waals surface area (Å²) in [6.07, 6.45) is 3.16. The Labute approximate surface area is 133 Å². The first kappa shape index (κ1) is 14.8. The molecule has 1 aliphatic rings. The highest BCUT2D eigenvalue weighted by molar-refractivity contribution is 7.12. The Bertz CT molecular complexity index is 680. The van der Waals surface area contributed by atoms with Crippen molar-refractivity contribution in [1.29, 1.82) is 0 Å². The molecule has 0 aliphatic heterocycles. The van der Waals surface area contributed by atoms with Crippen molar-refractivity contribution in [2.24, 2.45) is 4.99 Å². The van der Waals surface area contributed by atoms with Gasteiger partial charge in [0.15, 0.2) is 0 Å². The van der Waals surface area contributed by atoms with E-state index in [2.05, 4.69) is 28.5 Å². The monoisotopic (exact) mass is 314 g/mol.